The molecule has 3 heterocycles. The van der Waals surface area contributed by atoms with Crippen LogP contribution < -0.4 is 0 Å². The molecule has 4 aromatic rings. The predicted octanol–water partition coefficient (Wildman–Crippen LogP) is 3.75. The Kier molecular flexibility index (Phi) is 3.66. The molecule has 0 bridgehead atoms. The number of phenolic OH excluding ortho intramolecular Hbond substituents is 1. The molecule has 0 saturated carbocycles. The maximum Gasteiger partial charge on any atom is 0.159 e. The number of hydrogen-bond acceptors (Lipinski definition) is 6. The summed E-state index contributed by atoms with van der Waals surface area (Å²) in [6.45, 7) is 2.00. The summed E-state index contributed by atoms with van der Waals surface area (Å²) >= 11 is 1.66. The van der Waals surface area contributed by atoms with Crippen molar-refractivity contribution in [2.24, 2.45) is 0 Å². The van der Waals surface area contributed by atoms with Gasteiger partial charge < -0.3 is 5.11 Å². The first-order valence-electron chi connectivity index (χ1n) is 7.49. The molecule has 4 rings (SSSR count). The number of fused-ring (bicyclic) bond motifs is 1. The minimum absolute atomic E-state index is 0.224. The Labute approximate surface area is 142 Å². The van der Waals surface area contributed by atoms with Gasteiger partial charge in [-0.2, -0.15) is 0 Å². The number of thiazole rings is 1. The molecular weight excluding hydrogens is 320 g/mol. The van der Waals surface area contributed by atoms with Gasteiger partial charge in [0.15, 0.2) is 5.82 Å². The van der Waals surface area contributed by atoms with Gasteiger partial charge in [0, 0.05) is 29.3 Å². The van der Waals surface area contributed by atoms with E-state index in [1.54, 1.807) is 41.8 Å². The van der Waals surface area contributed by atoms with Crippen LogP contribution in [0.3, 0.4) is 0 Å². The van der Waals surface area contributed by atoms with E-state index in [0.29, 0.717) is 5.82 Å². The highest BCUT2D eigenvalue weighted by Gasteiger charge is 2.07. The summed E-state index contributed by atoms with van der Waals surface area (Å²) in [7, 11) is 0. The lowest BCUT2D eigenvalue weighted by atomic mass is 10.2. The summed E-state index contributed by atoms with van der Waals surface area (Å²) in [5, 5.41) is 12.5. The molecule has 0 aliphatic rings. The van der Waals surface area contributed by atoms with Crippen LogP contribution in [0.5, 0.6) is 5.75 Å². The van der Waals surface area contributed by atoms with Crippen molar-refractivity contribution < 1.29 is 5.11 Å². The highest BCUT2D eigenvalue weighted by atomic mass is 32.1. The second-order valence-corrected chi connectivity index (χ2v) is 6.49. The number of rotatable bonds is 3. The quantitative estimate of drug-likeness (QED) is 0.618. The number of aromatic hydroxyl groups is 1. The van der Waals surface area contributed by atoms with Crippen molar-refractivity contribution in [3.8, 4) is 17.1 Å². The molecule has 118 valence electrons. The number of pyridine rings is 1. The number of aromatic nitrogens is 4. The molecule has 6 heteroatoms. The highest BCUT2D eigenvalue weighted by Crippen LogP contribution is 2.21. The van der Waals surface area contributed by atoms with Gasteiger partial charge in [0.1, 0.15) is 11.3 Å². The van der Waals surface area contributed by atoms with Crippen molar-refractivity contribution in [1.29, 1.82) is 0 Å². The van der Waals surface area contributed by atoms with Crippen LogP contribution in [-0.4, -0.2) is 25.0 Å². The van der Waals surface area contributed by atoms with Crippen molar-refractivity contribution in [1.82, 2.24) is 19.9 Å². The van der Waals surface area contributed by atoms with Crippen molar-refractivity contribution in [2.45, 2.75) is 13.3 Å². The first kappa shape index (κ1) is 14.7. The van der Waals surface area contributed by atoms with Crippen LogP contribution in [0.1, 0.15) is 16.3 Å². The standard InChI is InChI=1S/C18H14N4OS/c1-11-10-24-17(21-11)7-12-6-15-16(19-8-12)9-20-18(22-15)13-2-4-14(23)5-3-13/h2-6,8-10,23H,7H2,1H3. The minimum atomic E-state index is 0.224. The van der Waals surface area contributed by atoms with Crippen LogP contribution >= 0.6 is 11.3 Å². The molecular formula is C18H14N4OS. The van der Waals surface area contributed by atoms with E-state index in [4.69, 9.17) is 0 Å². The Hall–Kier alpha value is -2.86. The lowest BCUT2D eigenvalue weighted by molar-refractivity contribution is 0.475. The molecule has 5 nitrogen and oxygen atoms in total. The van der Waals surface area contributed by atoms with Gasteiger partial charge in [-0.15, -0.1) is 11.3 Å². The molecule has 24 heavy (non-hydrogen) atoms. The van der Waals surface area contributed by atoms with E-state index < -0.39 is 0 Å². The first-order valence-corrected chi connectivity index (χ1v) is 8.37. The number of hydrogen-bond donors (Lipinski definition) is 1. The monoisotopic (exact) mass is 334 g/mol. The Morgan fingerprint density at radius 2 is 1.83 bits per heavy atom. The van der Waals surface area contributed by atoms with Crippen LogP contribution in [-0.2, 0) is 6.42 Å². The Morgan fingerprint density at radius 1 is 1.00 bits per heavy atom. The molecule has 0 saturated heterocycles. The molecule has 0 unspecified atom stereocenters. The highest BCUT2D eigenvalue weighted by molar-refractivity contribution is 7.09. The molecule has 0 amide bonds. The topological polar surface area (TPSA) is 71.8 Å². The third kappa shape index (κ3) is 2.96. The normalized spacial score (nSPS) is 11.0. The van der Waals surface area contributed by atoms with Crippen LogP contribution in [0.4, 0.5) is 0 Å². The van der Waals surface area contributed by atoms with Crippen LogP contribution in [0.15, 0.2) is 48.1 Å². The molecule has 0 spiro atoms. The number of benzene rings is 1. The van der Waals surface area contributed by atoms with Crippen LogP contribution in [0.2, 0.25) is 0 Å². The van der Waals surface area contributed by atoms with E-state index in [1.165, 1.54) is 0 Å². The van der Waals surface area contributed by atoms with Gasteiger partial charge in [0.25, 0.3) is 0 Å². The van der Waals surface area contributed by atoms with Gasteiger partial charge in [-0.1, -0.05) is 0 Å². The van der Waals surface area contributed by atoms with E-state index in [0.717, 1.165) is 39.3 Å². The maximum absolute atomic E-state index is 9.40. The van der Waals surface area contributed by atoms with Gasteiger partial charge >= 0.3 is 0 Å². The van der Waals surface area contributed by atoms with E-state index in [9.17, 15) is 5.11 Å². The smallest absolute Gasteiger partial charge is 0.159 e. The fraction of sp³-hybridized carbons (Fsp3) is 0.111. The number of phenols is 1. The summed E-state index contributed by atoms with van der Waals surface area (Å²) in [5.74, 6) is 0.841. The van der Waals surface area contributed by atoms with Crippen molar-refractivity contribution >= 4 is 22.4 Å². The van der Waals surface area contributed by atoms with Crippen LogP contribution in [0, 0.1) is 6.92 Å². The fourth-order valence-electron chi connectivity index (χ4n) is 2.46. The summed E-state index contributed by atoms with van der Waals surface area (Å²) in [4.78, 5) is 17.9. The van der Waals surface area contributed by atoms with Crippen molar-refractivity contribution in [3.05, 3.63) is 64.4 Å². The SMILES string of the molecule is Cc1csc(Cc2cnc3cnc(-c4ccc(O)cc4)nc3c2)n1. The molecule has 0 fully saturated rings. The molecule has 0 radical (unpaired) electrons. The average molecular weight is 334 g/mol. The Balaban J connectivity index is 1.70. The molecule has 0 aliphatic carbocycles. The number of nitrogens with zero attached hydrogens (tertiary/aromatic N) is 4. The third-order valence-corrected chi connectivity index (χ3v) is 4.60. The lowest BCUT2D eigenvalue weighted by Crippen LogP contribution is -1.94. The largest absolute Gasteiger partial charge is 0.508 e. The van der Waals surface area contributed by atoms with E-state index >= 15 is 0 Å². The molecule has 0 atom stereocenters. The lowest BCUT2D eigenvalue weighted by Gasteiger charge is -2.04. The van der Waals surface area contributed by atoms with Gasteiger partial charge in [0.2, 0.25) is 0 Å². The molecule has 1 N–H and O–H groups in total. The first-order chi connectivity index (χ1) is 11.7. The second-order valence-electron chi connectivity index (χ2n) is 5.55. The maximum atomic E-state index is 9.40. The van der Waals surface area contributed by atoms with Crippen molar-refractivity contribution in [2.75, 3.05) is 0 Å². The summed E-state index contributed by atoms with van der Waals surface area (Å²) in [6, 6.07) is 8.88. The zero-order valence-corrected chi connectivity index (χ0v) is 13.8. The fourth-order valence-corrected chi connectivity index (χ4v) is 3.27. The van der Waals surface area contributed by atoms with Gasteiger partial charge in [-0.05, 0) is 42.8 Å². The predicted molar refractivity (Wildman–Crippen MR) is 94.1 cm³/mol. The van der Waals surface area contributed by atoms with E-state index in [1.807, 2.05) is 19.2 Å². The van der Waals surface area contributed by atoms with E-state index in [-0.39, 0.29) is 5.75 Å². The second kappa shape index (κ2) is 5.98. The average Bonchev–Trinajstić information content (AvgIpc) is 3.00. The van der Waals surface area contributed by atoms with Gasteiger partial charge in [-0.25, -0.2) is 15.0 Å². The molecule has 0 aliphatic heterocycles. The number of aryl methyl sites for hydroxylation is 1. The van der Waals surface area contributed by atoms with Crippen molar-refractivity contribution in [3.63, 3.8) is 0 Å². The summed E-state index contributed by atoms with van der Waals surface area (Å²) < 4.78 is 0. The Bertz CT molecular complexity index is 1010. The third-order valence-electron chi connectivity index (χ3n) is 3.64. The molecule has 1 aromatic carbocycles. The van der Waals surface area contributed by atoms with E-state index in [2.05, 4.69) is 25.3 Å². The Morgan fingerprint density at radius 3 is 2.58 bits per heavy atom. The van der Waals surface area contributed by atoms with Gasteiger partial charge in [-0.3, -0.25) is 4.98 Å². The zero-order chi connectivity index (χ0) is 16.5. The van der Waals surface area contributed by atoms with Gasteiger partial charge in [0.05, 0.1) is 16.7 Å². The summed E-state index contributed by atoms with van der Waals surface area (Å²) in [5.41, 5.74) is 4.54. The zero-order valence-electron chi connectivity index (χ0n) is 13.0. The van der Waals surface area contributed by atoms with Crippen LogP contribution in [0.25, 0.3) is 22.4 Å². The summed E-state index contributed by atoms with van der Waals surface area (Å²) in [6.07, 6.45) is 4.32. The minimum Gasteiger partial charge on any atom is -0.508 e. The molecule has 3 aromatic heterocycles.